The highest BCUT2D eigenvalue weighted by atomic mass is 19.1. The number of pyridine rings is 1. The van der Waals surface area contributed by atoms with Crippen molar-refractivity contribution in [2.75, 3.05) is 5.32 Å². The van der Waals surface area contributed by atoms with E-state index in [1.165, 1.54) is 12.1 Å². The van der Waals surface area contributed by atoms with Gasteiger partial charge in [-0.25, -0.2) is 9.37 Å². The minimum atomic E-state index is -0.223. The van der Waals surface area contributed by atoms with Gasteiger partial charge in [-0.15, -0.1) is 0 Å². The van der Waals surface area contributed by atoms with Gasteiger partial charge in [0, 0.05) is 24.0 Å². The van der Waals surface area contributed by atoms with Crippen LogP contribution in [0.4, 0.5) is 10.1 Å². The number of fused-ring (bicyclic) bond motifs is 1. The molecule has 3 aromatic rings. The van der Waals surface area contributed by atoms with Crippen LogP contribution in [0, 0.1) is 33.5 Å². The molecule has 0 bridgehead atoms. The summed E-state index contributed by atoms with van der Waals surface area (Å²) >= 11 is 0. The average molecular weight is 339 g/mol. The topological polar surface area (TPSA) is 46.4 Å². The Morgan fingerprint density at radius 2 is 1.80 bits per heavy atom. The molecule has 25 heavy (non-hydrogen) atoms. The summed E-state index contributed by atoms with van der Waals surface area (Å²) in [7, 11) is 0. The Labute approximate surface area is 146 Å². The van der Waals surface area contributed by atoms with Crippen molar-refractivity contribution in [3.63, 3.8) is 0 Å². The summed E-state index contributed by atoms with van der Waals surface area (Å²) in [5.41, 5.74) is 7.01. The lowest BCUT2D eigenvalue weighted by Crippen LogP contribution is -2.07. The Morgan fingerprint density at radius 1 is 1.16 bits per heavy atom. The standard InChI is InChI=1S/C20H22FN3O/c1-11-6-17(21)7-12(2)18(11)9-22-19-8-16(15(5)25)10-24-14(4)13(3)23-20(19)24/h6-8,10,22H,9H2,1-5H3. The highest BCUT2D eigenvalue weighted by Crippen LogP contribution is 2.24. The van der Waals surface area contributed by atoms with Crippen LogP contribution in [0.25, 0.3) is 5.65 Å². The van der Waals surface area contributed by atoms with Crippen LogP contribution in [0.5, 0.6) is 0 Å². The highest BCUT2D eigenvalue weighted by Gasteiger charge is 2.13. The number of nitrogens with zero attached hydrogens (tertiary/aromatic N) is 2. The highest BCUT2D eigenvalue weighted by molar-refractivity contribution is 5.95. The first-order valence-corrected chi connectivity index (χ1v) is 8.27. The van der Waals surface area contributed by atoms with Crippen LogP contribution in [-0.2, 0) is 6.54 Å². The third-order valence-electron chi connectivity index (χ3n) is 4.72. The summed E-state index contributed by atoms with van der Waals surface area (Å²) in [6.45, 7) is 9.83. The molecule has 2 heterocycles. The minimum Gasteiger partial charge on any atom is -0.378 e. The molecular weight excluding hydrogens is 317 g/mol. The van der Waals surface area contributed by atoms with E-state index in [1.807, 2.05) is 44.4 Å². The lowest BCUT2D eigenvalue weighted by Gasteiger charge is -2.14. The molecular formula is C20H22FN3O. The zero-order valence-corrected chi connectivity index (χ0v) is 15.2. The number of Topliss-reactive ketones (excluding diaryl/α,β-unsaturated/α-hetero) is 1. The van der Waals surface area contributed by atoms with Gasteiger partial charge in [-0.1, -0.05) is 0 Å². The molecule has 0 unspecified atom stereocenters. The Morgan fingerprint density at radius 3 is 2.40 bits per heavy atom. The summed E-state index contributed by atoms with van der Waals surface area (Å²) in [4.78, 5) is 16.5. The van der Waals surface area contributed by atoms with Crippen LogP contribution in [0.2, 0.25) is 0 Å². The van der Waals surface area contributed by atoms with Gasteiger partial charge in [0.2, 0.25) is 0 Å². The van der Waals surface area contributed by atoms with Crippen LogP contribution in [0.3, 0.4) is 0 Å². The number of aromatic nitrogens is 2. The largest absolute Gasteiger partial charge is 0.378 e. The molecule has 2 aromatic heterocycles. The lowest BCUT2D eigenvalue weighted by atomic mass is 10.0. The van der Waals surface area contributed by atoms with Gasteiger partial charge in [-0.05, 0) is 69.5 Å². The number of ketones is 1. The third kappa shape index (κ3) is 3.14. The first-order chi connectivity index (χ1) is 11.8. The van der Waals surface area contributed by atoms with E-state index in [9.17, 15) is 9.18 Å². The van der Waals surface area contributed by atoms with E-state index in [1.54, 1.807) is 6.92 Å². The van der Waals surface area contributed by atoms with E-state index in [0.29, 0.717) is 12.1 Å². The van der Waals surface area contributed by atoms with Gasteiger partial charge in [0.15, 0.2) is 11.4 Å². The number of benzene rings is 1. The quantitative estimate of drug-likeness (QED) is 0.711. The fraction of sp³-hybridized carbons (Fsp3) is 0.300. The van der Waals surface area contributed by atoms with Gasteiger partial charge in [0.05, 0.1) is 11.4 Å². The second kappa shape index (κ2) is 6.31. The molecule has 0 radical (unpaired) electrons. The maximum absolute atomic E-state index is 13.5. The van der Waals surface area contributed by atoms with E-state index in [0.717, 1.165) is 39.4 Å². The normalized spacial score (nSPS) is 11.1. The molecule has 4 nitrogen and oxygen atoms in total. The number of carbonyl (C=O) groups excluding carboxylic acids is 1. The molecule has 130 valence electrons. The van der Waals surface area contributed by atoms with Crippen molar-refractivity contribution in [3.05, 3.63) is 63.9 Å². The first-order valence-electron chi connectivity index (χ1n) is 8.27. The van der Waals surface area contributed by atoms with Crippen molar-refractivity contribution in [3.8, 4) is 0 Å². The second-order valence-electron chi connectivity index (χ2n) is 6.55. The van der Waals surface area contributed by atoms with E-state index in [-0.39, 0.29) is 11.6 Å². The van der Waals surface area contributed by atoms with Crippen LogP contribution < -0.4 is 5.32 Å². The van der Waals surface area contributed by atoms with Gasteiger partial charge in [-0.3, -0.25) is 4.79 Å². The van der Waals surface area contributed by atoms with E-state index in [2.05, 4.69) is 10.3 Å². The van der Waals surface area contributed by atoms with Crippen molar-refractivity contribution in [1.29, 1.82) is 0 Å². The number of nitrogens with one attached hydrogen (secondary N) is 1. The zero-order valence-electron chi connectivity index (χ0n) is 15.2. The molecule has 0 aliphatic carbocycles. The Balaban J connectivity index is 2.04. The van der Waals surface area contributed by atoms with Crippen molar-refractivity contribution in [1.82, 2.24) is 9.38 Å². The monoisotopic (exact) mass is 339 g/mol. The number of carbonyl (C=O) groups is 1. The van der Waals surface area contributed by atoms with Gasteiger partial charge >= 0.3 is 0 Å². The van der Waals surface area contributed by atoms with Crippen molar-refractivity contribution >= 4 is 17.1 Å². The predicted molar refractivity (Wildman–Crippen MR) is 97.9 cm³/mol. The molecule has 3 rings (SSSR count). The van der Waals surface area contributed by atoms with Gasteiger partial charge in [0.25, 0.3) is 0 Å². The second-order valence-corrected chi connectivity index (χ2v) is 6.55. The van der Waals surface area contributed by atoms with Crippen LogP contribution in [-0.4, -0.2) is 15.2 Å². The Bertz CT molecular complexity index is 965. The summed E-state index contributed by atoms with van der Waals surface area (Å²) < 4.78 is 15.4. The third-order valence-corrected chi connectivity index (χ3v) is 4.72. The van der Waals surface area contributed by atoms with Crippen molar-refractivity contribution in [2.24, 2.45) is 0 Å². The number of hydrogen-bond acceptors (Lipinski definition) is 3. The number of rotatable bonds is 4. The molecule has 1 N–H and O–H groups in total. The first kappa shape index (κ1) is 17.1. The van der Waals surface area contributed by atoms with Crippen molar-refractivity contribution < 1.29 is 9.18 Å². The van der Waals surface area contributed by atoms with E-state index >= 15 is 0 Å². The number of imidazole rings is 1. The molecule has 0 amide bonds. The van der Waals surface area contributed by atoms with Crippen LogP contribution >= 0.6 is 0 Å². The fourth-order valence-electron chi connectivity index (χ4n) is 3.10. The molecule has 5 heteroatoms. The van der Waals surface area contributed by atoms with Crippen LogP contribution in [0.1, 0.15) is 45.4 Å². The van der Waals surface area contributed by atoms with Crippen molar-refractivity contribution in [2.45, 2.75) is 41.2 Å². The molecule has 0 aliphatic heterocycles. The maximum Gasteiger partial charge on any atom is 0.161 e. The number of halogens is 1. The summed E-state index contributed by atoms with van der Waals surface area (Å²) in [6.07, 6.45) is 1.83. The molecule has 0 saturated carbocycles. The van der Waals surface area contributed by atoms with E-state index < -0.39 is 0 Å². The SMILES string of the molecule is CC(=O)c1cc(NCc2c(C)cc(F)cc2C)c2nc(C)c(C)n2c1. The average Bonchev–Trinajstić information content (AvgIpc) is 2.81. The molecule has 0 spiro atoms. The number of aryl methyl sites for hydroxylation is 4. The van der Waals surface area contributed by atoms with Gasteiger partial charge in [-0.2, -0.15) is 0 Å². The number of anilines is 1. The van der Waals surface area contributed by atoms with Gasteiger partial charge in [0.1, 0.15) is 5.82 Å². The molecule has 0 saturated heterocycles. The summed E-state index contributed by atoms with van der Waals surface area (Å²) in [5.74, 6) is -0.218. The predicted octanol–water partition coefficient (Wildman–Crippen LogP) is 4.52. The van der Waals surface area contributed by atoms with Gasteiger partial charge < -0.3 is 9.72 Å². The zero-order chi connectivity index (χ0) is 18.3. The minimum absolute atomic E-state index is 0.00449. The maximum atomic E-state index is 13.5. The fourth-order valence-corrected chi connectivity index (χ4v) is 3.10. The number of hydrogen-bond donors (Lipinski definition) is 1. The summed E-state index contributed by atoms with van der Waals surface area (Å²) in [6, 6.07) is 4.91. The molecule has 0 aliphatic rings. The smallest absolute Gasteiger partial charge is 0.161 e. The molecule has 1 aromatic carbocycles. The lowest BCUT2D eigenvalue weighted by molar-refractivity contribution is 0.101. The molecule has 0 atom stereocenters. The Kier molecular flexibility index (Phi) is 4.33. The van der Waals surface area contributed by atoms with Crippen LogP contribution in [0.15, 0.2) is 24.4 Å². The molecule has 0 fully saturated rings. The summed E-state index contributed by atoms with van der Waals surface area (Å²) in [5, 5.41) is 3.38. The van der Waals surface area contributed by atoms with E-state index in [4.69, 9.17) is 0 Å². The Hall–Kier alpha value is -2.69.